The Balaban J connectivity index is 2.56. The van der Waals surface area contributed by atoms with Gasteiger partial charge in [-0.15, -0.1) is 11.8 Å². The SMILES string of the molecule is COc1cc(N)ccc1SCCC(=O)NN. The monoisotopic (exact) mass is 241 g/mol. The van der Waals surface area contributed by atoms with E-state index in [0.717, 1.165) is 10.6 Å². The number of amides is 1. The van der Waals surface area contributed by atoms with E-state index in [-0.39, 0.29) is 5.91 Å². The molecule has 1 aromatic carbocycles. The van der Waals surface area contributed by atoms with Crippen LogP contribution in [0.25, 0.3) is 0 Å². The zero-order valence-electron chi connectivity index (χ0n) is 9.03. The maximum Gasteiger partial charge on any atom is 0.234 e. The van der Waals surface area contributed by atoms with Crippen molar-refractivity contribution < 1.29 is 9.53 Å². The number of nitrogens with two attached hydrogens (primary N) is 2. The molecule has 0 unspecified atom stereocenters. The van der Waals surface area contributed by atoms with E-state index in [1.165, 1.54) is 11.8 Å². The van der Waals surface area contributed by atoms with E-state index < -0.39 is 0 Å². The third kappa shape index (κ3) is 3.63. The highest BCUT2D eigenvalue weighted by atomic mass is 32.2. The van der Waals surface area contributed by atoms with Crippen LogP contribution in [0.2, 0.25) is 0 Å². The Kier molecular flexibility index (Phi) is 4.94. The summed E-state index contributed by atoms with van der Waals surface area (Å²) in [6.07, 6.45) is 0.370. The molecular weight excluding hydrogens is 226 g/mol. The molecule has 6 heteroatoms. The van der Waals surface area contributed by atoms with Gasteiger partial charge in [-0.3, -0.25) is 10.2 Å². The van der Waals surface area contributed by atoms with Crippen LogP contribution in [0, 0.1) is 0 Å². The number of nitrogen functional groups attached to an aromatic ring is 1. The summed E-state index contributed by atoms with van der Waals surface area (Å²) < 4.78 is 5.18. The number of carbonyl (C=O) groups is 1. The Labute approximate surface area is 98.5 Å². The summed E-state index contributed by atoms with van der Waals surface area (Å²) >= 11 is 1.53. The Bertz CT molecular complexity index is 371. The molecule has 0 aliphatic rings. The van der Waals surface area contributed by atoms with Crippen molar-refractivity contribution in [2.45, 2.75) is 11.3 Å². The number of rotatable bonds is 5. The van der Waals surface area contributed by atoms with E-state index in [1.54, 1.807) is 19.2 Å². The molecule has 0 heterocycles. The first kappa shape index (κ1) is 12.7. The molecule has 0 atom stereocenters. The van der Waals surface area contributed by atoms with E-state index in [0.29, 0.717) is 17.9 Å². The Morgan fingerprint density at radius 2 is 2.31 bits per heavy atom. The zero-order chi connectivity index (χ0) is 12.0. The first-order valence-electron chi connectivity index (χ1n) is 4.73. The van der Waals surface area contributed by atoms with E-state index in [1.807, 2.05) is 6.07 Å². The first-order chi connectivity index (χ1) is 7.67. The number of thioether (sulfide) groups is 1. The second-order valence-corrected chi connectivity index (χ2v) is 4.21. The fraction of sp³-hybridized carbons (Fsp3) is 0.300. The standard InChI is InChI=1S/C10H15N3O2S/c1-15-8-6-7(11)2-3-9(8)16-5-4-10(14)13-12/h2-3,6H,4-5,11-12H2,1H3,(H,13,14). The molecule has 88 valence electrons. The molecule has 0 radical (unpaired) electrons. The number of anilines is 1. The average molecular weight is 241 g/mol. The summed E-state index contributed by atoms with van der Waals surface area (Å²) in [7, 11) is 1.59. The molecule has 5 nitrogen and oxygen atoms in total. The quantitative estimate of drug-likeness (QED) is 0.233. The van der Waals surface area contributed by atoms with Crippen LogP contribution in [0.15, 0.2) is 23.1 Å². The van der Waals surface area contributed by atoms with Crippen LogP contribution < -0.4 is 21.7 Å². The highest BCUT2D eigenvalue weighted by Crippen LogP contribution is 2.31. The molecule has 1 rings (SSSR count). The minimum Gasteiger partial charge on any atom is -0.496 e. The molecule has 5 N–H and O–H groups in total. The maximum atomic E-state index is 10.9. The van der Waals surface area contributed by atoms with Gasteiger partial charge in [-0.1, -0.05) is 0 Å². The Morgan fingerprint density at radius 3 is 2.94 bits per heavy atom. The third-order valence-electron chi connectivity index (χ3n) is 1.94. The number of carbonyl (C=O) groups excluding carboxylic acids is 1. The second-order valence-electron chi connectivity index (χ2n) is 3.08. The minimum atomic E-state index is -0.179. The summed E-state index contributed by atoms with van der Waals surface area (Å²) in [6.45, 7) is 0. The fourth-order valence-electron chi connectivity index (χ4n) is 1.13. The summed E-state index contributed by atoms with van der Waals surface area (Å²) in [5.41, 5.74) is 8.37. The van der Waals surface area contributed by atoms with Gasteiger partial charge in [-0.25, -0.2) is 5.84 Å². The summed E-state index contributed by atoms with van der Waals surface area (Å²) in [6, 6.07) is 5.43. The van der Waals surface area contributed by atoms with E-state index in [4.69, 9.17) is 16.3 Å². The van der Waals surface area contributed by atoms with Gasteiger partial charge in [0.2, 0.25) is 5.91 Å². The van der Waals surface area contributed by atoms with Crippen molar-refractivity contribution in [3.8, 4) is 5.75 Å². The largest absolute Gasteiger partial charge is 0.496 e. The zero-order valence-corrected chi connectivity index (χ0v) is 9.84. The number of nitrogens with one attached hydrogen (secondary N) is 1. The van der Waals surface area contributed by atoms with Gasteiger partial charge in [-0.05, 0) is 12.1 Å². The van der Waals surface area contributed by atoms with Gasteiger partial charge in [0.15, 0.2) is 0 Å². The van der Waals surface area contributed by atoms with E-state index in [2.05, 4.69) is 5.43 Å². The summed E-state index contributed by atoms with van der Waals surface area (Å²) in [5, 5.41) is 0. The van der Waals surface area contributed by atoms with E-state index >= 15 is 0 Å². The summed E-state index contributed by atoms with van der Waals surface area (Å²) in [5.74, 6) is 6.16. The lowest BCUT2D eigenvalue weighted by Gasteiger charge is -2.08. The highest BCUT2D eigenvalue weighted by molar-refractivity contribution is 7.99. The highest BCUT2D eigenvalue weighted by Gasteiger charge is 2.05. The van der Waals surface area contributed by atoms with E-state index in [9.17, 15) is 4.79 Å². The molecule has 0 saturated heterocycles. The molecule has 0 fully saturated rings. The average Bonchev–Trinajstić information content (AvgIpc) is 2.30. The van der Waals surface area contributed by atoms with Crippen LogP contribution in [0.4, 0.5) is 5.69 Å². The molecule has 0 aliphatic heterocycles. The van der Waals surface area contributed by atoms with Crippen molar-refractivity contribution in [3.05, 3.63) is 18.2 Å². The lowest BCUT2D eigenvalue weighted by atomic mass is 10.3. The van der Waals surface area contributed by atoms with Crippen LogP contribution in [-0.4, -0.2) is 18.8 Å². The van der Waals surface area contributed by atoms with Gasteiger partial charge in [0, 0.05) is 28.8 Å². The number of ether oxygens (including phenoxy) is 1. The molecule has 1 aromatic rings. The van der Waals surface area contributed by atoms with Crippen LogP contribution in [-0.2, 0) is 4.79 Å². The van der Waals surface area contributed by atoms with Crippen molar-refractivity contribution in [2.24, 2.45) is 5.84 Å². The predicted octanol–water partition coefficient (Wildman–Crippen LogP) is 0.750. The van der Waals surface area contributed by atoms with Crippen LogP contribution >= 0.6 is 11.8 Å². The van der Waals surface area contributed by atoms with Gasteiger partial charge < -0.3 is 10.5 Å². The lowest BCUT2D eigenvalue weighted by molar-refractivity contribution is -0.120. The van der Waals surface area contributed by atoms with Crippen molar-refractivity contribution in [2.75, 3.05) is 18.6 Å². The topological polar surface area (TPSA) is 90.4 Å². The van der Waals surface area contributed by atoms with Gasteiger partial charge in [0.25, 0.3) is 0 Å². The second kappa shape index (κ2) is 6.24. The Hall–Kier alpha value is -1.40. The van der Waals surface area contributed by atoms with Gasteiger partial charge in [0.05, 0.1) is 7.11 Å². The molecule has 0 bridgehead atoms. The number of hydrazine groups is 1. The van der Waals surface area contributed by atoms with Gasteiger partial charge >= 0.3 is 0 Å². The minimum absolute atomic E-state index is 0.179. The molecular formula is C10H15N3O2S. The van der Waals surface area contributed by atoms with Gasteiger partial charge in [0.1, 0.15) is 5.75 Å². The Morgan fingerprint density at radius 1 is 1.56 bits per heavy atom. The molecule has 0 spiro atoms. The number of hydrogen-bond acceptors (Lipinski definition) is 5. The van der Waals surface area contributed by atoms with Crippen LogP contribution in [0.3, 0.4) is 0 Å². The fourth-order valence-corrected chi connectivity index (χ4v) is 2.09. The molecule has 1 amide bonds. The van der Waals surface area contributed by atoms with Gasteiger partial charge in [-0.2, -0.15) is 0 Å². The number of benzene rings is 1. The lowest BCUT2D eigenvalue weighted by Crippen LogP contribution is -2.30. The van der Waals surface area contributed by atoms with Crippen molar-refractivity contribution >= 4 is 23.4 Å². The predicted molar refractivity (Wildman–Crippen MR) is 65.1 cm³/mol. The number of methoxy groups -OCH3 is 1. The van der Waals surface area contributed by atoms with Crippen LogP contribution in [0.1, 0.15) is 6.42 Å². The molecule has 0 aliphatic carbocycles. The van der Waals surface area contributed by atoms with Crippen molar-refractivity contribution in [1.29, 1.82) is 0 Å². The van der Waals surface area contributed by atoms with Crippen LogP contribution in [0.5, 0.6) is 5.75 Å². The molecule has 0 saturated carbocycles. The van der Waals surface area contributed by atoms with Crippen molar-refractivity contribution in [3.63, 3.8) is 0 Å². The molecule has 0 aromatic heterocycles. The number of hydrogen-bond donors (Lipinski definition) is 3. The van der Waals surface area contributed by atoms with Crippen molar-refractivity contribution in [1.82, 2.24) is 5.43 Å². The smallest absolute Gasteiger partial charge is 0.234 e. The third-order valence-corrected chi connectivity index (χ3v) is 2.99. The normalized spacial score (nSPS) is 9.88. The first-order valence-corrected chi connectivity index (χ1v) is 5.71. The summed E-state index contributed by atoms with van der Waals surface area (Å²) in [4.78, 5) is 11.9. The maximum absolute atomic E-state index is 10.9. The molecule has 16 heavy (non-hydrogen) atoms.